The number of phenols is 6. The van der Waals surface area contributed by atoms with Crippen molar-refractivity contribution in [3.05, 3.63) is 23.8 Å². The summed E-state index contributed by atoms with van der Waals surface area (Å²) in [5.74, 6) is -3.86. The molecular weight excluding hydrogens is 367 g/mol. The molecule has 0 aliphatic heterocycles. The Kier molecular flexibility index (Phi) is 4.91. The Bertz CT molecular complexity index is 1030. The first-order valence-corrected chi connectivity index (χ1v) is 8.23. The average molecular weight is 380 g/mol. The molecule has 0 aliphatic rings. The molecular formula is C19H12B4O6. The zero-order valence-electron chi connectivity index (χ0n) is 15.2. The van der Waals surface area contributed by atoms with E-state index in [-0.39, 0.29) is 33.2 Å². The molecule has 136 valence electrons. The van der Waals surface area contributed by atoms with E-state index in [0.29, 0.717) is 5.56 Å². The van der Waals surface area contributed by atoms with Crippen LogP contribution >= 0.6 is 0 Å². The maximum Gasteiger partial charge on any atom is 0.168 e. The zero-order chi connectivity index (χ0) is 21.8. The highest BCUT2D eigenvalue weighted by Gasteiger charge is 2.23. The maximum absolute atomic E-state index is 10.4. The highest BCUT2D eigenvalue weighted by molar-refractivity contribution is 6.51. The van der Waals surface area contributed by atoms with E-state index in [1.807, 2.05) is 0 Å². The molecule has 3 aromatic carbocycles. The molecule has 0 aliphatic carbocycles. The van der Waals surface area contributed by atoms with Crippen LogP contribution in [0, 0.1) is 6.92 Å². The van der Waals surface area contributed by atoms with Crippen LogP contribution in [-0.2, 0) is 0 Å². The molecule has 0 fully saturated rings. The summed E-state index contributed by atoms with van der Waals surface area (Å²) in [5.41, 5.74) is -1.00. The Labute approximate surface area is 171 Å². The van der Waals surface area contributed by atoms with Crippen molar-refractivity contribution < 1.29 is 30.6 Å². The average Bonchev–Trinajstić information content (AvgIpc) is 2.67. The summed E-state index contributed by atoms with van der Waals surface area (Å²) in [6.07, 6.45) is 0. The molecule has 0 amide bonds. The van der Waals surface area contributed by atoms with Gasteiger partial charge in [0.1, 0.15) is 54.4 Å². The van der Waals surface area contributed by atoms with Crippen LogP contribution in [-0.4, -0.2) is 62.0 Å². The molecule has 6 nitrogen and oxygen atoms in total. The molecule has 0 saturated carbocycles. The summed E-state index contributed by atoms with van der Waals surface area (Å²) in [7, 11) is 22.5. The second-order valence-corrected chi connectivity index (χ2v) is 6.58. The van der Waals surface area contributed by atoms with Crippen molar-refractivity contribution >= 4 is 53.2 Å². The fourth-order valence-electron chi connectivity index (χ4n) is 3.12. The molecule has 3 aromatic rings. The quantitative estimate of drug-likeness (QED) is 0.188. The number of hydrogen-bond donors (Lipinski definition) is 6. The molecule has 0 spiro atoms. The van der Waals surface area contributed by atoms with Gasteiger partial charge in [-0.2, -0.15) is 0 Å². The molecule has 0 aromatic heterocycles. The summed E-state index contributed by atoms with van der Waals surface area (Å²) in [6.45, 7) is 1.67. The van der Waals surface area contributed by atoms with E-state index in [9.17, 15) is 30.6 Å². The van der Waals surface area contributed by atoms with Crippen molar-refractivity contribution in [1.82, 2.24) is 0 Å². The zero-order valence-corrected chi connectivity index (χ0v) is 15.2. The Morgan fingerprint density at radius 1 is 0.483 bits per heavy atom. The summed E-state index contributed by atoms with van der Waals surface area (Å²) in [5, 5.41) is 61.2. The second-order valence-electron chi connectivity index (χ2n) is 6.58. The van der Waals surface area contributed by atoms with Crippen LogP contribution in [0.25, 0.3) is 22.3 Å². The van der Waals surface area contributed by atoms with Crippen molar-refractivity contribution in [2.24, 2.45) is 0 Å². The smallest absolute Gasteiger partial charge is 0.168 e. The largest absolute Gasteiger partial charge is 0.509 e. The minimum Gasteiger partial charge on any atom is -0.509 e. The minimum atomic E-state index is -0.706. The van der Waals surface area contributed by atoms with Gasteiger partial charge < -0.3 is 30.6 Å². The monoisotopic (exact) mass is 380 g/mol. The van der Waals surface area contributed by atoms with Gasteiger partial charge in [-0.1, -0.05) is 23.1 Å². The Balaban J connectivity index is 2.37. The molecule has 0 bridgehead atoms. The van der Waals surface area contributed by atoms with Crippen molar-refractivity contribution in [1.29, 1.82) is 0 Å². The predicted molar refractivity (Wildman–Crippen MR) is 114 cm³/mol. The molecule has 0 atom stereocenters. The standard InChI is InChI=1S/C19H12B4O6/c1-5-2-6(8-15(25)12(22)18(28)13(23)16(8)26)4-7(3-5)9-14(24)10(20)11(21)19(29)17(9)27/h2-4,24-29H,1H3. The van der Waals surface area contributed by atoms with Gasteiger partial charge >= 0.3 is 0 Å². The summed E-state index contributed by atoms with van der Waals surface area (Å²) < 4.78 is 0. The van der Waals surface area contributed by atoms with Crippen molar-refractivity contribution in [3.63, 3.8) is 0 Å². The van der Waals surface area contributed by atoms with E-state index in [4.69, 9.17) is 31.4 Å². The van der Waals surface area contributed by atoms with Gasteiger partial charge in [0, 0.05) is 0 Å². The van der Waals surface area contributed by atoms with Crippen molar-refractivity contribution in [3.8, 4) is 56.8 Å². The van der Waals surface area contributed by atoms with Crippen LogP contribution in [0.2, 0.25) is 0 Å². The second kappa shape index (κ2) is 6.95. The predicted octanol–water partition coefficient (Wildman–Crippen LogP) is -1.26. The third kappa shape index (κ3) is 3.05. The van der Waals surface area contributed by atoms with Gasteiger partial charge in [-0.15, -0.1) is 0 Å². The third-order valence-corrected chi connectivity index (χ3v) is 4.65. The van der Waals surface area contributed by atoms with E-state index in [1.54, 1.807) is 19.1 Å². The summed E-state index contributed by atoms with van der Waals surface area (Å²) >= 11 is 0. The van der Waals surface area contributed by atoms with Crippen LogP contribution in [0.5, 0.6) is 34.5 Å². The number of benzene rings is 3. The Morgan fingerprint density at radius 2 is 0.862 bits per heavy atom. The van der Waals surface area contributed by atoms with E-state index in [0.717, 1.165) is 0 Å². The molecule has 29 heavy (non-hydrogen) atoms. The molecule has 0 saturated heterocycles. The van der Waals surface area contributed by atoms with Gasteiger partial charge in [-0.05, 0) is 40.6 Å². The first-order chi connectivity index (χ1) is 13.5. The number of phenolic OH excluding ortho intramolecular Hbond substituents is 6. The number of rotatable bonds is 2. The fraction of sp³-hybridized carbons (Fsp3) is 0.0526. The molecule has 0 unspecified atom stereocenters. The van der Waals surface area contributed by atoms with Gasteiger partial charge in [0.15, 0.2) is 11.5 Å². The van der Waals surface area contributed by atoms with E-state index in [2.05, 4.69) is 0 Å². The van der Waals surface area contributed by atoms with Gasteiger partial charge in [0.25, 0.3) is 0 Å². The number of aryl methyl sites for hydroxylation is 1. The van der Waals surface area contributed by atoms with Gasteiger partial charge in [0.05, 0.1) is 11.1 Å². The number of hydrogen-bond acceptors (Lipinski definition) is 6. The highest BCUT2D eigenvalue weighted by atomic mass is 16.3. The maximum atomic E-state index is 10.4. The Hall–Kier alpha value is -3.28. The Morgan fingerprint density at radius 3 is 1.34 bits per heavy atom. The van der Waals surface area contributed by atoms with E-state index >= 15 is 0 Å². The lowest BCUT2D eigenvalue weighted by molar-refractivity contribution is 0.403. The minimum absolute atomic E-state index is 0.172. The molecule has 10 heteroatoms. The van der Waals surface area contributed by atoms with Gasteiger partial charge in [-0.25, -0.2) is 0 Å². The summed E-state index contributed by atoms with van der Waals surface area (Å²) in [6, 6.07) is 4.49. The van der Waals surface area contributed by atoms with Crippen molar-refractivity contribution in [2.45, 2.75) is 6.92 Å². The lowest BCUT2D eigenvalue weighted by Crippen LogP contribution is -2.26. The first-order valence-electron chi connectivity index (χ1n) is 8.23. The lowest BCUT2D eigenvalue weighted by atomic mass is 9.76. The lowest BCUT2D eigenvalue weighted by Gasteiger charge is -2.19. The molecule has 6 N–H and O–H groups in total. The van der Waals surface area contributed by atoms with E-state index < -0.39 is 45.4 Å². The van der Waals surface area contributed by atoms with Crippen molar-refractivity contribution in [2.75, 3.05) is 0 Å². The molecule has 3 rings (SSSR count). The fourth-order valence-corrected chi connectivity index (χ4v) is 3.12. The first kappa shape index (κ1) is 20.5. The van der Waals surface area contributed by atoms with Crippen LogP contribution in [0.15, 0.2) is 18.2 Å². The molecule has 0 heterocycles. The number of aromatic hydroxyl groups is 6. The molecule has 8 radical (unpaired) electrons. The van der Waals surface area contributed by atoms with Crippen LogP contribution in [0.4, 0.5) is 0 Å². The summed E-state index contributed by atoms with van der Waals surface area (Å²) in [4.78, 5) is 0. The van der Waals surface area contributed by atoms with Crippen LogP contribution in [0.1, 0.15) is 5.56 Å². The van der Waals surface area contributed by atoms with E-state index in [1.165, 1.54) is 6.07 Å². The third-order valence-electron chi connectivity index (χ3n) is 4.65. The normalized spacial score (nSPS) is 10.9. The van der Waals surface area contributed by atoms with Crippen LogP contribution in [0.3, 0.4) is 0 Å². The van der Waals surface area contributed by atoms with Gasteiger partial charge in [-0.3, -0.25) is 0 Å². The topological polar surface area (TPSA) is 121 Å². The highest BCUT2D eigenvalue weighted by Crippen LogP contribution is 2.44. The van der Waals surface area contributed by atoms with Crippen LogP contribution < -0.4 is 21.9 Å². The van der Waals surface area contributed by atoms with Gasteiger partial charge in [0.2, 0.25) is 0 Å². The SMILES string of the molecule is [B]c1c([B])c(O)c(-c2cc(C)cc(-c3c(O)c([B])c(O)c([B])c3O)c2)c(O)c1O.